The predicted octanol–water partition coefficient (Wildman–Crippen LogP) is 5.84. The number of hydrogen-bond donors (Lipinski definition) is 7. The molecule has 4 aromatic carbocycles. The number of hydrogen-bond acceptors (Lipinski definition) is 18. The van der Waals surface area contributed by atoms with Crippen molar-refractivity contribution >= 4 is 90.7 Å². The van der Waals surface area contributed by atoms with Crippen molar-refractivity contribution in [2.75, 3.05) is 0 Å². The van der Waals surface area contributed by atoms with Gasteiger partial charge in [-0.25, -0.2) is 10.5 Å². The summed E-state index contributed by atoms with van der Waals surface area (Å²) in [5.74, 6) is -0.778. The highest BCUT2D eigenvalue weighted by molar-refractivity contribution is 7.95. The van der Waals surface area contributed by atoms with Crippen LogP contribution in [0.4, 0.5) is 22.7 Å². The molecular weight excluding hydrogens is 748 g/mol. The van der Waals surface area contributed by atoms with Crippen LogP contribution in [0.3, 0.4) is 0 Å². The molecule has 0 aliphatic carbocycles. The molecule has 0 aromatic heterocycles. The Hall–Kier alpha value is -3.43. The molecule has 0 bridgehead atoms. The molecule has 0 unspecified atom stereocenters. The van der Waals surface area contributed by atoms with Gasteiger partial charge in [0.2, 0.25) is 0 Å². The summed E-state index contributed by atoms with van der Waals surface area (Å²) in [7, 11) is -14.5. The Kier molecular flexibility index (Phi) is 11.7. The van der Waals surface area contributed by atoms with Crippen molar-refractivity contribution < 1.29 is 74.7 Å². The molecule has 0 aliphatic rings. The number of rotatable bonds is 13. The third-order valence-electron chi connectivity index (χ3n) is 5.95. The zero-order valence-corrected chi connectivity index (χ0v) is 27.5. The summed E-state index contributed by atoms with van der Waals surface area (Å²) in [6.45, 7) is 1.45. The fourth-order valence-electron chi connectivity index (χ4n) is 3.91. The van der Waals surface area contributed by atoms with Crippen LogP contribution in [0.2, 0.25) is 0 Å². The van der Waals surface area contributed by atoms with Gasteiger partial charge in [0, 0.05) is 5.39 Å². The van der Waals surface area contributed by atoms with E-state index in [0.717, 1.165) is 36.4 Å². The van der Waals surface area contributed by atoms with Crippen LogP contribution in [0, 0.1) is 6.92 Å². The Bertz CT molecular complexity index is 2210. The van der Waals surface area contributed by atoms with Crippen molar-refractivity contribution in [3.63, 3.8) is 0 Å². The summed E-state index contributed by atoms with van der Waals surface area (Å²) in [5.41, 5.74) is -0.860. The second kappa shape index (κ2) is 15.0. The Balaban J connectivity index is 1.87. The fraction of sp³-hybridized carbons (Fsp3) is 0.0435. The first-order valence-electron chi connectivity index (χ1n) is 12.2. The fourth-order valence-corrected chi connectivity index (χ4v) is 6.80. The van der Waals surface area contributed by atoms with Crippen LogP contribution in [-0.4, -0.2) is 51.3 Å². The third kappa shape index (κ3) is 8.97. The number of phenols is 1. The topological polar surface area (TPSA) is 313 Å². The molecule has 0 amide bonds. The standard InChI is InChI=1S/C23H19N4O16PS4/c1-11-5-17(20(48(37,38)39)10-16(11)25-24-13-3-2-4-14(8-13)44(31,32)33)26-27-22-19(46-43-41-30)7-12-6-15(47(34,35)36)9-18(45-42-40-29)21(12)23(22)28/h2-10,28-30H,1H3,(H2,31,32,33)(H,34,35,36)(H,37,38,39). The van der Waals surface area contributed by atoms with Crippen LogP contribution in [0.15, 0.2) is 94.6 Å². The molecule has 0 heterocycles. The van der Waals surface area contributed by atoms with E-state index in [1.807, 2.05) is 0 Å². The molecule has 4 aromatic rings. The van der Waals surface area contributed by atoms with Gasteiger partial charge < -0.3 is 14.9 Å². The molecule has 0 saturated heterocycles. The van der Waals surface area contributed by atoms with Gasteiger partial charge >= 0.3 is 7.60 Å². The molecule has 7 N–H and O–H groups in total. The van der Waals surface area contributed by atoms with Gasteiger partial charge in [-0.1, -0.05) is 16.1 Å². The SMILES string of the molecule is Cc1cc(N=Nc2c(SOOO)cc3cc(S(=O)(=O)O)cc(SOOO)c3c2O)c(S(=O)(=O)O)cc1N=Nc1cccc(P(=O)(O)O)c1. The van der Waals surface area contributed by atoms with Crippen molar-refractivity contribution in [3.8, 4) is 5.75 Å². The van der Waals surface area contributed by atoms with Crippen LogP contribution in [-0.2, 0) is 43.5 Å². The van der Waals surface area contributed by atoms with E-state index in [2.05, 4.69) is 39.2 Å². The van der Waals surface area contributed by atoms with E-state index in [0.29, 0.717) is 0 Å². The first-order valence-corrected chi connectivity index (χ1v) is 18.1. The Morgan fingerprint density at radius 3 is 2.02 bits per heavy atom. The Labute approximate surface area is 277 Å². The summed E-state index contributed by atoms with van der Waals surface area (Å²) in [6, 6.07) is 9.84. The van der Waals surface area contributed by atoms with Crippen LogP contribution < -0.4 is 5.30 Å². The number of benzene rings is 4. The number of nitrogens with zero attached hydrogens (tertiary/aromatic N) is 4. The van der Waals surface area contributed by atoms with Gasteiger partial charge in [-0.2, -0.15) is 27.1 Å². The van der Waals surface area contributed by atoms with E-state index < -0.39 is 54.7 Å². The van der Waals surface area contributed by atoms with E-state index in [-0.39, 0.29) is 66.9 Å². The van der Waals surface area contributed by atoms with Crippen molar-refractivity contribution in [1.82, 2.24) is 0 Å². The van der Waals surface area contributed by atoms with Crippen molar-refractivity contribution in [2.45, 2.75) is 26.5 Å². The number of azo groups is 2. The molecule has 4 rings (SSSR count). The second-order valence-corrected chi connectivity index (χ2v) is 15.0. The van der Waals surface area contributed by atoms with Crippen molar-refractivity contribution in [3.05, 3.63) is 60.2 Å². The van der Waals surface area contributed by atoms with Gasteiger partial charge in [-0.15, -0.1) is 18.9 Å². The highest BCUT2D eigenvalue weighted by Gasteiger charge is 2.24. The Morgan fingerprint density at radius 2 is 1.42 bits per heavy atom. The smallest absolute Gasteiger partial charge is 0.356 e. The molecule has 0 radical (unpaired) electrons. The molecule has 0 atom stereocenters. The van der Waals surface area contributed by atoms with Crippen LogP contribution in [0.25, 0.3) is 10.8 Å². The lowest BCUT2D eigenvalue weighted by atomic mass is 10.1. The lowest BCUT2D eigenvalue weighted by Gasteiger charge is -2.13. The number of aromatic hydroxyl groups is 1. The largest absolute Gasteiger partial charge is 0.505 e. The number of aryl methyl sites for hydroxylation is 1. The van der Waals surface area contributed by atoms with Crippen LogP contribution in [0.1, 0.15) is 5.56 Å². The van der Waals surface area contributed by atoms with Crippen LogP contribution in [0.5, 0.6) is 5.75 Å². The van der Waals surface area contributed by atoms with E-state index in [4.69, 9.17) is 10.5 Å². The molecule has 0 spiro atoms. The maximum atomic E-state index is 12.3. The second-order valence-electron chi connectivity index (χ2n) is 9.06. The quantitative estimate of drug-likeness (QED) is 0.0210. The monoisotopic (exact) mass is 766 g/mol. The summed E-state index contributed by atoms with van der Waals surface area (Å²) < 4.78 is 88.2. The Morgan fingerprint density at radius 1 is 0.771 bits per heavy atom. The zero-order chi connectivity index (χ0) is 35.4. The summed E-state index contributed by atoms with van der Waals surface area (Å²) in [5, 5.41) is 50.4. The molecule has 48 heavy (non-hydrogen) atoms. The maximum absolute atomic E-state index is 12.3. The molecule has 20 nitrogen and oxygen atoms in total. The van der Waals surface area contributed by atoms with Crippen LogP contribution >= 0.6 is 31.7 Å². The molecule has 25 heteroatoms. The average Bonchev–Trinajstić information content (AvgIpc) is 3.00. The summed E-state index contributed by atoms with van der Waals surface area (Å²) >= 11 is 0.428. The minimum Gasteiger partial charge on any atom is -0.505 e. The van der Waals surface area contributed by atoms with Gasteiger partial charge in [-0.3, -0.25) is 13.7 Å². The molecule has 0 fully saturated rings. The normalized spacial score (nSPS) is 12.9. The first-order chi connectivity index (χ1) is 22.4. The highest BCUT2D eigenvalue weighted by Crippen LogP contribution is 2.48. The number of fused-ring (bicyclic) bond motifs is 1. The van der Waals surface area contributed by atoms with E-state index in [1.54, 1.807) is 0 Å². The van der Waals surface area contributed by atoms with Gasteiger partial charge in [0.05, 0.1) is 55.5 Å². The van der Waals surface area contributed by atoms with Crippen molar-refractivity contribution in [2.24, 2.45) is 20.5 Å². The van der Waals surface area contributed by atoms with E-state index in [1.165, 1.54) is 25.1 Å². The summed E-state index contributed by atoms with van der Waals surface area (Å²) in [6.07, 6.45) is 0. The van der Waals surface area contributed by atoms with Gasteiger partial charge in [-0.05, 0) is 66.4 Å². The number of phenolic OH excluding ortho intramolecular Hbond substituents is 1. The molecular formula is C23H19N4O16PS4. The van der Waals surface area contributed by atoms with Gasteiger partial charge in [0.25, 0.3) is 20.2 Å². The van der Waals surface area contributed by atoms with E-state index in [9.17, 15) is 45.4 Å². The van der Waals surface area contributed by atoms with E-state index >= 15 is 0 Å². The maximum Gasteiger partial charge on any atom is 0.356 e. The summed E-state index contributed by atoms with van der Waals surface area (Å²) in [4.78, 5) is 16.8. The zero-order valence-electron chi connectivity index (χ0n) is 23.4. The predicted molar refractivity (Wildman–Crippen MR) is 164 cm³/mol. The van der Waals surface area contributed by atoms with Gasteiger partial charge in [0.15, 0.2) is 5.75 Å². The lowest BCUT2D eigenvalue weighted by molar-refractivity contribution is -0.432. The van der Waals surface area contributed by atoms with Crippen molar-refractivity contribution in [1.29, 1.82) is 0 Å². The van der Waals surface area contributed by atoms with Gasteiger partial charge in [0.1, 0.15) is 16.3 Å². The average molecular weight is 767 g/mol. The minimum atomic E-state index is -5.03. The third-order valence-corrected chi connectivity index (χ3v) is 9.86. The molecule has 0 aliphatic heterocycles. The minimum absolute atomic E-state index is 0.00970. The lowest BCUT2D eigenvalue weighted by Crippen LogP contribution is -2.01. The molecule has 0 saturated carbocycles. The highest BCUT2D eigenvalue weighted by atomic mass is 32.2. The first kappa shape index (κ1) is 37.4. The molecule has 256 valence electrons.